The molecule has 0 aromatic heterocycles. The average Bonchev–Trinajstić information content (AvgIpc) is 3.18. The summed E-state index contributed by atoms with van der Waals surface area (Å²) in [5.41, 5.74) is 0.912. The molecule has 1 saturated heterocycles. The van der Waals surface area contributed by atoms with Crippen LogP contribution in [0.5, 0.6) is 0 Å². The summed E-state index contributed by atoms with van der Waals surface area (Å²) in [4.78, 5) is 23.0. The lowest BCUT2D eigenvalue weighted by atomic mass is 9.82. The van der Waals surface area contributed by atoms with Crippen molar-refractivity contribution < 1.29 is 18.0 Å². The minimum absolute atomic E-state index is 0.210. The lowest BCUT2D eigenvalue weighted by molar-refractivity contribution is -0.130. The summed E-state index contributed by atoms with van der Waals surface area (Å²) < 4.78 is 40.7. The van der Waals surface area contributed by atoms with Crippen molar-refractivity contribution in [1.29, 1.82) is 0 Å². The molecule has 0 bridgehead atoms. The van der Waals surface area contributed by atoms with Gasteiger partial charge >= 0.3 is 0 Å². The number of likely N-dealkylation sites (tertiary alicyclic amines) is 1. The number of rotatable bonds is 7. The van der Waals surface area contributed by atoms with E-state index >= 15 is 0 Å². The van der Waals surface area contributed by atoms with Crippen LogP contribution in [-0.4, -0.2) is 47.2 Å². The van der Waals surface area contributed by atoms with Gasteiger partial charge in [0.1, 0.15) is 23.3 Å². The van der Waals surface area contributed by atoms with Gasteiger partial charge in [0.05, 0.1) is 0 Å². The Morgan fingerprint density at radius 1 is 0.842 bits per heavy atom. The van der Waals surface area contributed by atoms with Gasteiger partial charge in [0.2, 0.25) is 0 Å². The van der Waals surface area contributed by atoms with E-state index in [4.69, 9.17) is 4.99 Å². The van der Waals surface area contributed by atoms with E-state index in [1.54, 1.807) is 29.2 Å². The molecule has 0 aliphatic carbocycles. The van der Waals surface area contributed by atoms with Gasteiger partial charge in [0.25, 0.3) is 5.91 Å². The van der Waals surface area contributed by atoms with E-state index in [9.17, 15) is 18.0 Å². The second-order valence-corrected chi connectivity index (χ2v) is 10.3. The van der Waals surface area contributed by atoms with Crippen molar-refractivity contribution in [3.63, 3.8) is 0 Å². The Balaban J connectivity index is 1.28. The van der Waals surface area contributed by atoms with Crippen LogP contribution >= 0.6 is 0 Å². The number of hydrogen-bond acceptors (Lipinski definition) is 3. The Labute approximate surface area is 221 Å². The molecule has 198 valence electrons. The molecule has 4 nitrogen and oxygen atoms in total. The number of amides is 1. The molecule has 3 aromatic carbocycles. The van der Waals surface area contributed by atoms with Crippen LogP contribution in [-0.2, 0) is 10.3 Å². The lowest BCUT2D eigenvalue weighted by Crippen LogP contribution is -2.44. The largest absolute Gasteiger partial charge is 0.301 e. The first kappa shape index (κ1) is 26.2. The quantitative estimate of drug-likeness (QED) is 0.369. The molecule has 1 amide bonds. The number of amidine groups is 1. The van der Waals surface area contributed by atoms with E-state index in [0.717, 1.165) is 32.4 Å². The Morgan fingerprint density at radius 2 is 1.32 bits per heavy atom. The molecule has 3 aromatic rings. The fourth-order valence-electron chi connectivity index (χ4n) is 5.79. The summed E-state index contributed by atoms with van der Waals surface area (Å²) in [5.74, 6) is -0.203. The topological polar surface area (TPSA) is 35.9 Å². The Bertz CT molecular complexity index is 1250. The van der Waals surface area contributed by atoms with Crippen LogP contribution in [0.3, 0.4) is 0 Å². The van der Waals surface area contributed by atoms with Crippen molar-refractivity contribution >= 4 is 11.7 Å². The van der Waals surface area contributed by atoms with E-state index < -0.39 is 17.2 Å². The fourth-order valence-corrected chi connectivity index (χ4v) is 5.79. The fraction of sp³-hybridized carbons (Fsp3) is 0.355. The number of aliphatic imine (C=N–C) groups is 1. The first-order chi connectivity index (χ1) is 18.3. The van der Waals surface area contributed by atoms with Crippen molar-refractivity contribution in [2.45, 2.75) is 50.6 Å². The predicted octanol–water partition coefficient (Wildman–Crippen LogP) is 6.27. The van der Waals surface area contributed by atoms with Crippen LogP contribution in [0.15, 0.2) is 77.8 Å². The molecule has 1 fully saturated rings. The van der Waals surface area contributed by atoms with Gasteiger partial charge in [-0.1, -0.05) is 36.4 Å². The molecule has 0 spiro atoms. The summed E-state index contributed by atoms with van der Waals surface area (Å²) in [6.45, 7) is 6.38. The molecule has 0 saturated carbocycles. The highest BCUT2D eigenvalue weighted by atomic mass is 19.1. The van der Waals surface area contributed by atoms with Crippen LogP contribution < -0.4 is 0 Å². The summed E-state index contributed by atoms with van der Waals surface area (Å²) in [6.07, 6.45) is 2.79. The van der Waals surface area contributed by atoms with E-state index in [1.165, 1.54) is 42.0 Å². The molecule has 7 heteroatoms. The maximum Gasteiger partial charge on any atom is 0.265 e. The minimum atomic E-state index is -1.37. The van der Waals surface area contributed by atoms with Crippen molar-refractivity contribution in [1.82, 2.24) is 9.80 Å². The summed E-state index contributed by atoms with van der Waals surface area (Å²) in [6, 6.07) is 18.7. The third kappa shape index (κ3) is 4.99. The van der Waals surface area contributed by atoms with Gasteiger partial charge in [-0.2, -0.15) is 0 Å². The zero-order chi connectivity index (χ0) is 26.9. The number of benzene rings is 3. The number of piperidine rings is 1. The molecule has 2 aliphatic rings. The van der Waals surface area contributed by atoms with Crippen molar-refractivity contribution in [3.05, 3.63) is 107 Å². The molecule has 0 radical (unpaired) electrons. The predicted molar refractivity (Wildman–Crippen MR) is 142 cm³/mol. The van der Waals surface area contributed by atoms with Gasteiger partial charge in [0, 0.05) is 12.6 Å². The summed E-state index contributed by atoms with van der Waals surface area (Å²) in [5, 5.41) is 0. The second kappa shape index (κ2) is 10.7. The molecule has 0 N–H and O–H groups in total. The highest BCUT2D eigenvalue weighted by Gasteiger charge is 2.50. The first-order valence-corrected chi connectivity index (χ1v) is 13.2. The van der Waals surface area contributed by atoms with Gasteiger partial charge in [0.15, 0.2) is 5.54 Å². The number of hydrogen-bond donors (Lipinski definition) is 0. The zero-order valence-electron chi connectivity index (χ0n) is 21.7. The molecule has 0 unspecified atom stereocenters. The van der Waals surface area contributed by atoms with Crippen molar-refractivity contribution in [3.8, 4) is 0 Å². The van der Waals surface area contributed by atoms with Gasteiger partial charge < -0.3 is 4.90 Å². The van der Waals surface area contributed by atoms with Crippen molar-refractivity contribution in [2.75, 3.05) is 19.6 Å². The Morgan fingerprint density at radius 3 is 1.82 bits per heavy atom. The smallest absolute Gasteiger partial charge is 0.265 e. The highest BCUT2D eigenvalue weighted by Crippen LogP contribution is 2.40. The van der Waals surface area contributed by atoms with E-state index in [2.05, 4.69) is 11.8 Å². The standard InChI is InChI=1S/C31H32F3N3O/c1-21(36-18-16-24(17-19-36)23-3-9-27(32)10-4-23)15-20-37-22(2)35-31(30(37)38,25-5-11-28(33)12-6-25)26-7-13-29(34)14-8-26/h3-14,21,24H,15-20H2,1-2H3/t21-/m0/s1. The van der Waals surface area contributed by atoms with E-state index in [0.29, 0.717) is 29.4 Å². The first-order valence-electron chi connectivity index (χ1n) is 13.2. The highest BCUT2D eigenvalue weighted by molar-refractivity contribution is 6.09. The van der Waals surface area contributed by atoms with Gasteiger partial charge in [-0.15, -0.1) is 0 Å². The van der Waals surface area contributed by atoms with Crippen LogP contribution in [0.2, 0.25) is 0 Å². The minimum Gasteiger partial charge on any atom is -0.301 e. The maximum atomic E-state index is 14.0. The molecular weight excluding hydrogens is 487 g/mol. The Kier molecular flexibility index (Phi) is 7.39. The van der Waals surface area contributed by atoms with Crippen LogP contribution in [0, 0.1) is 17.5 Å². The molecular formula is C31H32F3N3O. The monoisotopic (exact) mass is 519 g/mol. The van der Waals surface area contributed by atoms with E-state index in [-0.39, 0.29) is 17.8 Å². The molecule has 5 rings (SSSR count). The van der Waals surface area contributed by atoms with Gasteiger partial charge in [-0.25, -0.2) is 18.2 Å². The summed E-state index contributed by atoms with van der Waals surface area (Å²) in [7, 11) is 0. The Hall–Kier alpha value is -3.45. The zero-order valence-corrected chi connectivity index (χ0v) is 21.7. The maximum absolute atomic E-state index is 14.0. The number of halogens is 3. The molecule has 1 atom stereocenters. The van der Waals surface area contributed by atoms with Crippen LogP contribution in [0.4, 0.5) is 13.2 Å². The SMILES string of the molecule is CC1=NC(c2ccc(F)cc2)(c2ccc(F)cc2)C(=O)N1CC[C@H](C)N1CCC(c2ccc(F)cc2)CC1. The van der Waals surface area contributed by atoms with Crippen LogP contribution in [0.1, 0.15) is 55.7 Å². The number of carbonyl (C=O) groups excluding carboxylic acids is 1. The van der Waals surface area contributed by atoms with Crippen LogP contribution in [0.25, 0.3) is 0 Å². The average molecular weight is 520 g/mol. The summed E-state index contributed by atoms with van der Waals surface area (Å²) >= 11 is 0. The molecule has 38 heavy (non-hydrogen) atoms. The van der Waals surface area contributed by atoms with E-state index in [1.807, 2.05) is 19.1 Å². The van der Waals surface area contributed by atoms with Gasteiger partial charge in [-0.05, 0) is 105 Å². The second-order valence-electron chi connectivity index (χ2n) is 10.3. The lowest BCUT2D eigenvalue weighted by Gasteiger charge is -2.37. The number of carbonyl (C=O) groups is 1. The third-order valence-electron chi connectivity index (χ3n) is 8.06. The molecule has 2 aliphatic heterocycles. The molecule has 2 heterocycles. The number of nitrogens with zero attached hydrogens (tertiary/aromatic N) is 3. The van der Waals surface area contributed by atoms with Crippen molar-refractivity contribution in [2.24, 2.45) is 4.99 Å². The normalized spacial score (nSPS) is 19.0. The third-order valence-corrected chi connectivity index (χ3v) is 8.06. The van der Waals surface area contributed by atoms with Gasteiger partial charge in [-0.3, -0.25) is 9.69 Å².